The monoisotopic (exact) mass is 629 g/mol. The fourth-order valence-electron chi connectivity index (χ4n) is 4.40. The molecule has 0 fully saturated rings. The first-order valence-electron chi connectivity index (χ1n) is 12.4. The molecule has 0 radical (unpaired) electrons. The van der Waals surface area contributed by atoms with Crippen molar-refractivity contribution in [2.45, 2.75) is 31.4 Å². The molecule has 4 aromatic rings. The van der Waals surface area contributed by atoms with Crippen LogP contribution in [0.5, 0.6) is 11.5 Å². The van der Waals surface area contributed by atoms with E-state index >= 15 is 0 Å². The summed E-state index contributed by atoms with van der Waals surface area (Å²) in [6.07, 6.45) is -16.4. The van der Waals surface area contributed by atoms with Crippen LogP contribution in [0.2, 0.25) is 0 Å². The van der Waals surface area contributed by atoms with Crippen LogP contribution in [0.4, 0.5) is 50.0 Å². The maximum atomic E-state index is 13.4. The van der Waals surface area contributed by atoms with E-state index in [1.54, 1.807) is 6.07 Å². The van der Waals surface area contributed by atoms with Crippen LogP contribution in [0.3, 0.4) is 0 Å². The van der Waals surface area contributed by atoms with E-state index in [-0.39, 0.29) is 27.9 Å². The summed E-state index contributed by atoms with van der Waals surface area (Å²) < 4.78 is 133. The van der Waals surface area contributed by atoms with Crippen LogP contribution in [0.15, 0.2) is 97.1 Å². The van der Waals surface area contributed by atoms with E-state index in [0.29, 0.717) is 6.07 Å². The van der Waals surface area contributed by atoms with Crippen LogP contribution >= 0.6 is 0 Å². The second kappa shape index (κ2) is 12.0. The summed E-state index contributed by atoms with van der Waals surface area (Å²) in [7, 11) is 0. The van der Waals surface area contributed by atoms with Gasteiger partial charge >= 0.3 is 25.0 Å². The summed E-state index contributed by atoms with van der Waals surface area (Å²) in [5.41, 5.74) is -4.09. The third-order valence-electron chi connectivity index (χ3n) is 6.18. The molecule has 0 saturated heterocycles. The Bertz CT molecular complexity index is 1620. The quantitative estimate of drug-likeness (QED) is 0.207. The average Bonchev–Trinajstić information content (AvgIpc) is 2.91. The van der Waals surface area contributed by atoms with E-state index in [9.17, 15) is 44.3 Å². The lowest BCUT2D eigenvalue weighted by Crippen LogP contribution is -2.34. The van der Waals surface area contributed by atoms with Gasteiger partial charge in [0.05, 0.1) is 5.56 Å². The highest BCUT2D eigenvalue weighted by atomic mass is 19.4. The molecule has 0 aliphatic rings. The predicted molar refractivity (Wildman–Crippen MR) is 140 cm³/mol. The van der Waals surface area contributed by atoms with Gasteiger partial charge in [-0.3, -0.25) is 5.32 Å². The molecule has 44 heavy (non-hydrogen) atoms. The van der Waals surface area contributed by atoms with Gasteiger partial charge in [0.25, 0.3) is 0 Å². The minimum absolute atomic E-state index is 0.151. The molecular formula is C30H20F9NO4. The molecule has 1 atom stereocenters. The normalized spacial score (nSPS) is 13.5. The number of carbonyl (C=O) groups excluding carboxylic acids is 1. The number of hydrogen-bond acceptors (Lipinski definition) is 4. The molecule has 0 aliphatic heterocycles. The van der Waals surface area contributed by atoms with Crippen LogP contribution in [-0.4, -0.2) is 18.8 Å². The van der Waals surface area contributed by atoms with E-state index in [1.807, 2.05) is 0 Å². The van der Waals surface area contributed by atoms with Crippen molar-refractivity contribution in [3.63, 3.8) is 0 Å². The van der Waals surface area contributed by atoms with Crippen LogP contribution < -0.4 is 14.8 Å². The Hall–Kier alpha value is -4.88. The lowest BCUT2D eigenvalue weighted by molar-refractivity contribution is -0.275. The molecule has 1 unspecified atom stereocenters. The topological polar surface area (TPSA) is 56.8 Å². The van der Waals surface area contributed by atoms with Gasteiger partial charge < -0.3 is 14.2 Å². The Labute approximate surface area is 243 Å². The Morgan fingerprint density at radius 2 is 1.27 bits per heavy atom. The average molecular weight is 629 g/mol. The Balaban J connectivity index is 1.89. The first-order valence-corrected chi connectivity index (χ1v) is 12.4. The molecule has 0 heterocycles. The van der Waals surface area contributed by atoms with E-state index in [1.165, 1.54) is 43.3 Å². The molecule has 0 aromatic heterocycles. The van der Waals surface area contributed by atoms with E-state index in [4.69, 9.17) is 4.74 Å². The SMILES string of the molecule is CC(OC(=O)Nc1cccc(C(F)(F)F)c1)(c1cccc(OC(F)(F)F)c1)c1cccc(OC(F)(F)F)c1-c1ccccc1. The molecule has 0 bridgehead atoms. The molecule has 232 valence electrons. The fraction of sp³-hybridized carbons (Fsp3) is 0.167. The number of halogens is 9. The zero-order chi connectivity index (χ0) is 32.3. The number of nitrogens with one attached hydrogen (secondary N) is 1. The van der Waals surface area contributed by atoms with Gasteiger partial charge in [-0.1, -0.05) is 60.7 Å². The van der Waals surface area contributed by atoms with Gasteiger partial charge in [-0.05, 0) is 48.9 Å². The zero-order valence-corrected chi connectivity index (χ0v) is 22.3. The van der Waals surface area contributed by atoms with Crippen molar-refractivity contribution < 1.29 is 58.5 Å². The number of amides is 1. The number of carbonyl (C=O) groups is 1. The van der Waals surface area contributed by atoms with E-state index < -0.39 is 47.7 Å². The van der Waals surface area contributed by atoms with Crippen molar-refractivity contribution >= 4 is 11.8 Å². The largest absolute Gasteiger partial charge is 0.573 e. The van der Waals surface area contributed by atoms with Gasteiger partial charge in [0.1, 0.15) is 11.5 Å². The standard InChI is InChI=1S/C30H20F9NO4/c1-27(19-10-6-13-22(17-19)42-29(34,35)36,44-26(41)40-21-12-5-11-20(16-21)28(31,32)33)23-14-7-15-24(43-30(37,38)39)25(23)18-8-3-2-4-9-18/h2-17H,1H3,(H,40,41). The molecule has 0 saturated carbocycles. The van der Waals surface area contributed by atoms with Gasteiger partial charge in [-0.15, -0.1) is 26.3 Å². The molecule has 0 spiro atoms. The van der Waals surface area contributed by atoms with Gasteiger partial charge in [0.2, 0.25) is 0 Å². The molecule has 14 heteroatoms. The third kappa shape index (κ3) is 7.94. The van der Waals surface area contributed by atoms with Crippen molar-refractivity contribution in [2.24, 2.45) is 0 Å². The summed E-state index contributed by atoms with van der Waals surface area (Å²) in [6.45, 7) is 1.19. The van der Waals surface area contributed by atoms with Crippen molar-refractivity contribution in [1.82, 2.24) is 0 Å². The Kier molecular flexibility index (Phi) is 8.75. The minimum Gasteiger partial charge on any atom is -0.433 e. The van der Waals surface area contributed by atoms with E-state index in [0.717, 1.165) is 48.5 Å². The first-order chi connectivity index (χ1) is 20.4. The van der Waals surface area contributed by atoms with Gasteiger partial charge in [0, 0.05) is 22.4 Å². The fourth-order valence-corrected chi connectivity index (χ4v) is 4.40. The van der Waals surface area contributed by atoms with Crippen molar-refractivity contribution in [3.05, 3.63) is 114 Å². The molecule has 4 aromatic carbocycles. The number of anilines is 1. The molecule has 4 rings (SSSR count). The van der Waals surface area contributed by atoms with Crippen LogP contribution in [0.1, 0.15) is 23.6 Å². The predicted octanol–water partition coefficient (Wildman–Crippen LogP) is 9.68. The highest BCUT2D eigenvalue weighted by Crippen LogP contribution is 2.46. The second-order valence-electron chi connectivity index (χ2n) is 9.29. The second-order valence-corrected chi connectivity index (χ2v) is 9.29. The maximum Gasteiger partial charge on any atom is 0.573 e. The highest BCUT2D eigenvalue weighted by molar-refractivity contribution is 5.86. The molecule has 0 aliphatic carbocycles. The van der Waals surface area contributed by atoms with Crippen LogP contribution in [0, 0.1) is 0 Å². The minimum atomic E-state index is -5.17. The van der Waals surface area contributed by atoms with Crippen molar-refractivity contribution in [3.8, 4) is 22.6 Å². The first kappa shape index (κ1) is 32.0. The Morgan fingerprint density at radius 1 is 0.659 bits per heavy atom. The van der Waals surface area contributed by atoms with Crippen LogP contribution in [0.25, 0.3) is 11.1 Å². The Morgan fingerprint density at radius 3 is 1.91 bits per heavy atom. The van der Waals surface area contributed by atoms with Gasteiger partial charge in [0.15, 0.2) is 5.60 Å². The number of hydrogen-bond donors (Lipinski definition) is 1. The maximum absolute atomic E-state index is 13.4. The molecule has 1 N–H and O–H groups in total. The third-order valence-corrected chi connectivity index (χ3v) is 6.18. The van der Waals surface area contributed by atoms with Gasteiger partial charge in [-0.2, -0.15) is 13.2 Å². The lowest BCUT2D eigenvalue weighted by Gasteiger charge is -2.33. The van der Waals surface area contributed by atoms with Gasteiger partial charge in [-0.25, -0.2) is 4.79 Å². The van der Waals surface area contributed by atoms with Crippen molar-refractivity contribution in [2.75, 3.05) is 5.32 Å². The number of ether oxygens (including phenoxy) is 3. The van der Waals surface area contributed by atoms with E-state index in [2.05, 4.69) is 14.8 Å². The number of benzene rings is 4. The molecule has 5 nitrogen and oxygen atoms in total. The summed E-state index contributed by atoms with van der Waals surface area (Å²) in [6, 6.07) is 18.5. The zero-order valence-electron chi connectivity index (χ0n) is 22.3. The molecular weight excluding hydrogens is 609 g/mol. The smallest absolute Gasteiger partial charge is 0.433 e. The van der Waals surface area contributed by atoms with Crippen molar-refractivity contribution in [1.29, 1.82) is 0 Å². The lowest BCUT2D eigenvalue weighted by atomic mass is 9.82. The summed E-state index contributed by atoms with van der Waals surface area (Å²) in [5, 5.41) is 2.13. The summed E-state index contributed by atoms with van der Waals surface area (Å²) >= 11 is 0. The molecule has 1 amide bonds. The number of alkyl halides is 9. The number of rotatable bonds is 7. The highest BCUT2D eigenvalue weighted by Gasteiger charge is 2.40. The summed E-state index contributed by atoms with van der Waals surface area (Å²) in [5.74, 6) is -1.47. The van der Waals surface area contributed by atoms with Crippen LogP contribution in [-0.2, 0) is 16.5 Å². The summed E-state index contributed by atoms with van der Waals surface area (Å²) in [4.78, 5) is 13.2.